The van der Waals surface area contributed by atoms with Crippen molar-refractivity contribution < 1.29 is 4.74 Å². The van der Waals surface area contributed by atoms with Crippen molar-refractivity contribution in [3.8, 4) is 0 Å². The molecule has 0 spiro atoms. The molecule has 108 valence electrons. The summed E-state index contributed by atoms with van der Waals surface area (Å²) >= 11 is 2.08. The number of nitrogens with zero attached hydrogens (tertiary/aromatic N) is 2. The van der Waals surface area contributed by atoms with E-state index in [1.165, 1.54) is 24.3 Å². The first-order valence-corrected chi connectivity index (χ1v) is 8.46. The molecule has 0 bridgehead atoms. The fourth-order valence-electron chi connectivity index (χ4n) is 2.35. The number of imidazole rings is 1. The lowest BCUT2D eigenvalue weighted by atomic mass is 10.0. The molecule has 0 unspecified atom stereocenters. The number of aromatic nitrogens is 2. The van der Waals surface area contributed by atoms with Crippen LogP contribution in [0, 0.1) is 5.92 Å². The number of hydrogen-bond donors (Lipinski definition) is 1. The SMILES string of the molecule is CCOCCCNc1nccn1CC1CCSCC1. The van der Waals surface area contributed by atoms with Gasteiger partial charge < -0.3 is 14.6 Å². The molecule has 0 aromatic carbocycles. The van der Waals surface area contributed by atoms with Crippen LogP contribution in [0.15, 0.2) is 12.4 Å². The summed E-state index contributed by atoms with van der Waals surface area (Å²) in [5.41, 5.74) is 0. The van der Waals surface area contributed by atoms with Gasteiger partial charge in [-0.15, -0.1) is 0 Å². The lowest BCUT2D eigenvalue weighted by molar-refractivity contribution is 0.147. The molecule has 4 nitrogen and oxygen atoms in total. The third kappa shape index (κ3) is 5.07. The maximum atomic E-state index is 5.34. The van der Waals surface area contributed by atoms with Crippen LogP contribution in [0.4, 0.5) is 5.95 Å². The van der Waals surface area contributed by atoms with Gasteiger partial charge in [-0.2, -0.15) is 11.8 Å². The molecule has 5 heteroatoms. The van der Waals surface area contributed by atoms with E-state index < -0.39 is 0 Å². The normalized spacial score (nSPS) is 16.7. The molecule has 0 atom stereocenters. The molecule has 0 aliphatic carbocycles. The summed E-state index contributed by atoms with van der Waals surface area (Å²) in [6, 6.07) is 0. The zero-order valence-electron chi connectivity index (χ0n) is 11.8. The molecule has 1 fully saturated rings. The maximum absolute atomic E-state index is 5.34. The van der Waals surface area contributed by atoms with Gasteiger partial charge in [0.05, 0.1) is 0 Å². The largest absolute Gasteiger partial charge is 0.382 e. The molecule has 2 rings (SSSR count). The predicted molar refractivity (Wildman–Crippen MR) is 81.9 cm³/mol. The van der Waals surface area contributed by atoms with Crippen LogP contribution in [-0.2, 0) is 11.3 Å². The smallest absolute Gasteiger partial charge is 0.202 e. The second-order valence-electron chi connectivity index (χ2n) is 4.94. The fraction of sp³-hybridized carbons (Fsp3) is 0.786. The van der Waals surface area contributed by atoms with Crippen molar-refractivity contribution in [3.63, 3.8) is 0 Å². The molecule has 1 N–H and O–H groups in total. The van der Waals surface area contributed by atoms with Gasteiger partial charge in [-0.05, 0) is 43.6 Å². The first-order valence-electron chi connectivity index (χ1n) is 7.30. The van der Waals surface area contributed by atoms with E-state index in [0.29, 0.717) is 0 Å². The molecule has 1 saturated heterocycles. The molecular formula is C14H25N3OS. The number of thioether (sulfide) groups is 1. The lowest BCUT2D eigenvalue weighted by Crippen LogP contribution is -2.18. The summed E-state index contributed by atoms with van der Waals surface area (Å²) in [7, 11) is 0. The van der Waals surface area contributed by atoms with Crippen LogP contribution in [0.3, 0.4) is 0 Å². The van der Waals surface area contributed by atoms with Crippen LogP contribution >= 0.6 is 11.8 Å². The molecular weight excluding hydrogens is 258 g/mol. The summed E-state index contributed by atoms with van der Waals surface area (Å²) in [6.07, 6.45) is 7.69. The lowest BCUT2D eigenvalue weighted by Gasteiger charge is -2.22. The minimum absolute atomic E-state index is 0.800. The zero-order chi connectivity index (χ0) is 13.3. The zero-order valence-corrected chi connectivity index (χ0v) is 12.6. The van der Waals surface area contributed by atoms with Gasteiger partial charge in [-0.1, -0.05) is 0 Å². The first kappa shape index (κ1) is 14.7. The van der Waals surface area contributed by atoms with E-state index in [-0.39, 0.29) is 0 Å². The van der Waals surface area contributed by atoms with Crippen LogP contribution in [0.1, 0.15) is 26.2 Å². The van der Waals surface area contributed by atoms with Crippen molar-refractivity contribution in [3.05, 3.63) is 12.4 Å². The van der Waals surface area contributed by atoms with Crippen molar-refractivity contribution >= 4 is 17.7 Å². The van der Waals surface area contributed by atoms with Crippen LogP contribution < -0.4 is 5.32 Å². The Hall–Kier alpha value is -0.680. The third-order valence-electron chi connectivity index (χ3n) is 3.46. The average Bonchev–Trinajstić information content (AvgIpc) is 2.87. The van der Waals surface area contributed by atoms with Crippen LogP contribution in [-0.4, -0.2) is 40.8 Å². The van der Waals surface area contributed by atoms with Gasteiger partial charge in [0.25, 0.3) is 0 Å². The van der Waals surface area contributed by atoms with Gasteiger partial charge in [0.1, 0.15) is 0 Å². The van der Waals surface area contributed by atoms with Crippen LogP contribution in [0.25, 0.3) is 0 Å². The highest BCUT2D eigenvalue weighted by molar-refractivity contribution is 7.99. The van der Waals surface area contributed by atoms with Crippen LogP contribution in [0.5, 0.6) is 0 Å². The summed E-state index contributed by atoms with van der Waals surface area (Å²) < 4.78 is 7.60. The highest BCUT2D eigenvalue weighted by Crippen LogP contribution is 2.24. The fourth-order valence-corrected chi connectivity index (χ4v) is 3.55. The topological polar surface area (TPSA) is 39.1 Å². The predicted octanol–water partition coefficient (Wildman–Crippen LogP) is 2.86. The number of anilines is 1. The maximum Gasteiger partial charge on any atom is 0.202 e. The van der Waals surface area contributed by atoms with Crippen molar-refractivity contribution in [2.45, 2.75) is 32.7 Å². The second-order valence-corrected chi connectivity index (χ2v) is 6.16. The molecule has 1 aliphatic heterocycles. The van der Waals surface area contributed by atoms with E-state index in [9.17, 15) is 0 Å². The van der Waals surface area contributed by atoms with E-state index >= 15 is 0 Å². The van der Waals surface area contributed by atoms with Crippen molar-refractivity contribution in [1.82, 2.24) is 9.55 Å². The molecule has 1 aromatic rings. The summed E-state index contributed by atoms with van der Waals surface area (Å²) in [5, 5.41) is 3.41. The van der Waals surface area contributed by atoms with Crippen molar-refractivity contribution in [2.75, 3.05) is 36.6 Å². The van der Waals surface area contributed by atoms with Crippen LogP contribution in [0.2, 0.25) is 0 Å². The van der Waals surface area contributed by atoms with Crippen molar-refractivity contribution in [1.29, 1.82) is 0 Å². The quantitative estimate of drug-likeness (QED) is 0.745. The number of nitrogens with one attached hydrogen (secondary N) is 1. The Balaban J connectivity index is 1.73. The molecule has 1 aliphatic rings. The molecule has 19 heavy (non-hydrogen) atoms. The minimum Gasteiger partial charge on any atom is -0.382 e. The highest BCUT2D eigenvalue weighted by atomic mass is 32.2. The Labute approximate surface area is 120 Å². The summed E-state index contributed by atoms with van der Waals surface area (Å²) in [6.45, 7) is 5.69. The van der Waals surface area contributed by atoms with E-state index in [2.05, 4.69) is 32.8 Å². The van der Waals surface area contributed by atoms with E-state index in [4.69, 9.17) is 4.74 Å². The van der Waals surface area contributed by atoms with Gasteiger partial charge in [0.15, 0.2) is 0 Å². The molecule has 1 aromatic heterocycles. The first-order chi connectivity index (χ1) is 9.40. The Bertz CT molecular complexity index is 350. The Morgan fingerprint density at radius 3 is 3.11 bits per heavy atom. The molecule has 0 saturated carbocycles. The van der Waals surface area contributed by atoms with Gasteiger partial charge >= 0.3 is 0 Å². The number of rotatable bonds is 8. The molecule has 0 radical (unpaired) electrons. The summed E-state index contributed by atoms with van der Waals surface area (Å²) in [4.78, 5) is 4.41. The third-order valence-corrected chi connectivity index (χ3v) is 4.51. The van der Waals surface area contributed by atoms with E-state index in [1.54, 1.807) is 0 Å². The van der Waals surface area contributed by atoms with Gasteiger partial charge in [-0.3, -0.25) is 0 Å². The van der Waals surface area contributed by atoms with Crippen molar-refractivity contribution in [2.24, 2.45) is 5.92 Å². The Kier molecular flexibility index (Phi) is 6.57. The summed E-state index contributed by atoms with van der Waals surface area (Å²) in [5.74, 6) is 4.46. The molecule has 2 heterocycles. The monoisotopic (exact) mass is 283 g/mol. The highest BCUT2D eigenvalue weighted by Gasteiger charge is 2.15. The van der Waals surface area contributed by atoms with E-state index in [0.717, 1.165) is 44.6 Å². The molecule has 0 amide bonds. The Morgan fingerprint density at radius 2 is 2.32 bits per heavy atom. The standard InChI is InChI=1S/C14H25N3OS/c1-2-18-9-3-6-15-14-16-7-8-17(14)12-13-4-10-19-11-5-13/h7-8,13H,2-6,9-12H2,1H3,(H,15,16). The Morgan fingerprint density at radius 1 is 1.47 bits per heavy atom. The van der Waals surface area contributed by atoms with Gasteiger partial charge in [0.2, 0.25) is 5.95 Å². The number of ether oxygens (including phenoxy) is 1. The minimum atomic E-state index is 0.800. The number of hydrogen-bond acceptors (Lipinski definition) is 4. The van der Waals surface area contributed by atoms with Gasteiger partial charge in [0, 0.05) is 38.7 Å². The van der Waals surface area contributed by atoms with Gasteiger partial charge in [-0.25, -0.2) is 4.98 Å². The average molecular weight is 283 g/mol. The van der Waals surface area contributed by atoms with E-state index in [1.807, 2.05) is 13.1 Å². The second kappa shape index (κ2) is 8.48.